The molecule has 7 heteroatoms. The van der Waals surface area contributed by atoms with E-state index in [1.165, 1.54) is 0 Å². The van der Waals surface area contributed by atoms with Gasteiger partial charge < -0.3 is 10.4 Å². The van der Waals surface area contributed by atoms with Gasteiger partial charge in [0, 0.05) is 29.7 Å². The molecule has 2 atom stereocenters. The molecule has 0 radical (unpaired) electrons. The topological polar surface area (TPSA) is 88.0 Å². The fourth-order valence-electron chi connectivity index (χ4n) is 4.52. The van der Waals surface area contributed by atoms with Crippen LogP contribution < -0.4 is 5.32 Å². The van der Waals surface area contributed by atoms with Gasteiger partial charge in [0.2, 0.25) is 5.95 Å². The summed E-state index contributed by atoms with van der Waals surface area (Å²) in [6.45, 7) is 8.36. The summed E-state index contributed by atoms with van der Waals surface area (Å²) in [4.78, 5) is 26.1. The number of carbonyl (C=O) groups is 1. The van der Waals surface area contributed by atoms with Crippen molar-refractivity contribution in [2.75, 3.05) is 5.32 Å². The predicted octanol–water partition coefficient (Wildman–Crippen LogP) is 5.96. The number of hydrogen-bond acceptors (Lipinski definition) is 6. The lowest BCUT2D eigenvalue weighted by Gasteiger charge is -2.40. The van der Waals surface area contributed by atoms with Gasteiger partial charge in [-0.1, -0.05) is 19.9 Å². The fourth-order valence-corrected chi connectivity index (χ4v) is 5.78. The second kappa shape index (κ2) is 8.38. The molecule has 0 bridgehead atoms. The summed E-state index contributed by atoms with van der Waals surface area (Å²) < 4.78 is 0. The molecule has 1 aliphatic carbocycles. The van der Waals surface area contributed by atoms with Crippen LogP contribution in [0.1, 0.15) is 55.3 Å². The van der Waals surface area contributed by atoms with Gasteiger partial charge in [-0.2, -0.15) is 0 Å². The summed E-state index contributed by atoms with van der Waals surface area (Å²) in [7, 11) is 0. The van der Waals surface area contributed by atoms with Crippen LogP contribution in [0.2, 0.25) is 0 Å². The quantitative estimate of drug-likeness (QED) is 0.513. The van der Waals surface area contributed by atoms with E-state index in [4.69, 9.17) is 4.98 Å². The Morgan fingerprint density at radius 3 is 2.71 bits per heavy atom. The predicted molar refractivity (Wildman–Crippen MR) is 124 cm³/mol. The van der Waals surface area contributed by atoms with Crippen molar-refractivity contribution in [2.24, 2.45) is 11.3 Å². The summed E-state index contributed by atoms with van der Waals surface area (Å²) >= 11 is 1.71. The molecule has 2 aromatic heterocycles. The zero-order valence-electron chi connectivity index (χ0n) is 18.3. The first-order chi connectivity index (χ1) is 14.7. The van der Waals surface area contributed by atoms with Crippen molar-refractivity contribution in [2.45, 2.75) is 52.9 Å². The molecule has 162 valence electrons. The Morgan fingerprint density at radius 1 is 1.19 bits per heavy atom. The van der Waals surface area contributed by atoms with Crippen molar-refractivity contribution in [1.82, 2.24) is 15.0 Å². The second-order valence-corrected chi connectivity index (χ2v) is 10.2. The van der Waals surface area contributed by atoms with E-state index in [1.54, 1.807) is 17.5 Å². The monoisotopic (exact) mass is 436 g/mol. The minimum Gasteiger partial charge on any atom is -0.481 e. The van der Waals surface area contributed by atoms with Crippen LogP contribution in [0.3, 0.4) is 0 Å². The lowest BCUT2D eigenvalue weighted by Crippen LogP contribution is -2.33. The summed E-state index contributed by atoms with van der Waals surface area (Å²) in [5, 5.41) is 13.8. The van der Waals surface area contributed by atoms with Crippen molar-refractivity contribution in [3.8, 4) is 10.4 Å². The third kappa shape index (κ3) is 4.77. The van der Waals surface area contributed by atoms with Crippen LogP contribution in [0.4, 0.5) is 11.6 Å². The smallest absolute Gasteiger partial charge is 0.306 e. The van der Waals surface area contributed by atoms with Gasteiger partial charge in [-0.25, -0.2) is 15.0 Å². The van der Waals surface area contributed by atoms with E-state index in [0.29, 0.717) is 18.8 Å². The molecule has 2 heterocycles. The van der Waals surface area contributed by atoms with Crippen LogP contribution in [-0.2, 0) is 4.79 Å². The van der Waals surface area contributed by atoms with E-state index in [0.717, 1.165) is 38.8 Å². The van der Waals surface area contributed by atoms with Gasteiger partial charge in [0.05, 0.1) is 15.8 Å². The van der Waals surface area contributed by atoms with Gasteiger partial charge >= 0.3 is 5.97 Å². The first kappa shape index (κ1) is 21.4. The van der Waals surface area contributed by atoms with E-state index in [-0.39, 0.29) is 17.3 Å². The number of rotatable bonds is 5. The molecular weight excluding hydrogens is 408 g/mol. The Hall–Kier alpha value is -2.80. The van der Waals surface area contributed by atoms with Gasteiger partial charge in [0.15, 0.2) is 0 Å². The Balaban J connectivity index is 1.58. The Kier molecular flexibility index (Phi) is 5.79. The van der Waals surface area contributed by atoms with E-state index in [1.807, 2.05) is 19.2 Å². The van der Waals surface area contributed by atoms with Gasteiger partial charge in [0.1, 0.15) is 0 Å². The number of carboxylic acids is 1. The Morgan fingerprint density at radius 2 is 2.00 bits per heavy atom. The number of carboxylic acid groups (broad SMARTS) is 1. The maximum absolute atomic E-state index is 11.5. The molecule has 4 rings (SSSR count). The third-order valence-corrected chi connectivity index (χ3v) is 7.26. The highest BCUT2D eigenvalue weighted by Crippen LogP contribution is 2.50. The van der Waals surface area contributed by atoms with Crippen LogP contribution in [0, 0.1) is 25.2 Å². The minimum absolute atomic E-state index is 0.0851. The number of benzene rings is 1. The van der Waals surface area contributed by atoms with Crippen LogP contribution in [0.25, 0.3) is 10.4 Å². The molecule has 2 N–H and O–H groups in total. The van der Waals surface area contributed by atoms with Gasteiger partial charge in [-0.15, -0.1) is 11.3 Å². The highest BCUT2D eigenvalue weighted by atomic mass is 32.1. The molecular formula is C24H28N4O2S. The van der Waals surface area contributed by atoms with Crippen LogP contribution >= 0.6 is 11.3 Å². The molecule has 6 nitrogen and oxygen atoms in total. The number of anilines is 2. The van der Waals surface area contributed by atoms with E-state index in [9.17, 15) is 9.90 Å². The summed E-state index contributed by atoms with van der Waals surface area (Å²) in [5.74, 6) is -0.0629. The maximum atomic E-state index is 11.5. The number of hydrogen-bond donors (Lipinski definition) is 2. The molecule has 1 aromatic carbocycles. The summed E-state index contributed by atoms with van der Waals surface area (Å²) in [6.07, 6.45) is 5.96. The SMILES string of the molecule is Cc1cc(Nc2nccc(C)n2)cc(-c2cnc(C3CCC(C(=O)O)CC3(C)C)s2)c1. The molecule has 0 aliphatic heterocycles. The number of thiazole rings is 1. The number of nitrogens with one attached hydrogen (secondary N) is 1. The highest BCUT2D eigenvalue weighted by molar-refractivity contribution is 7.15. The Labute approximate surface area is 186 Å². The largest absolute Gasteiger partial charge is 0.481 e. The standard InChI is InChI=1S/C24H28N4O2S/c1-14-9-17(11-18(10-14)28-23-25-8-7-15(2)27-23)20-13-26-21(31-20)19-6-5-16(22(29)30)12-24(19,3)4/h7-11,13,16,19H,5-6,12H2,1-4H3,(H,29,30)(H,25,27,28). The zero-order chi connectivity index (χ0) is 22.2. The van der Waals surface area contributed by atoms with E-state index < -0.39 is 5.97 Å². The summed E-state index contributed by atoms with van der Waals surface area (Å²) in [6, 6.07) is 8.21. The van der Waals surface area contributed by atoms with Crippen molar-refractivity contribution < 1.29 is 9.90 Å². The third-order valence-electron chi connectivity index (χ3n) is 6.10. The molecule has 0 saturated heterocycles. The summed E-state index contributed by atoms with van der Waals surface area (Å²) in [5.41, 5.74) is 4.02. The molecule has 0 spiro atoms. The van der Waals surface area contributed by atoms with Crippen molar-refractivity contribution in [3.05, 3.63) is 52.9 Å². The molecule has 3 aromatic rings. The van der Waals surface area contributed by atoms with Crippen LogP contribution in [0.15, 0.2) is 36.7 Å². The van der Waals surface area contributed by atoms with E-state index in [2.05, 4.69) is 54.3 Å². The number of nitrogens with zero attached hydrogens (tertiary/aromatic N) is 3. The Bertz CT molecular complexity index is 1110. The normalized spacial score (nSPS) is 20.4. The van der Waals surface area contributed by atoms with Crippen molar-refractivity contribution in [3.63, 3.8) is 0 Å². The number of aliphatic carboxylic acids is 1. The molecule has 0 amide bonds. The second-order valence-electron chi connectivity index (χ2n) is 9.15. The van der Waals surface area contributed by atoms with Gasteiger partial charge in [-0.3, -0.25) is 4.79 Å². The molecule has 1 aliphatic rings. The maximum Gasteiger partial charge on any atom is 0.306 e. The number of aromatic nitrogens is 3. The molecule has 2 unspecified atom stereocenters. The van der Waals surface area contributed by atoms with Crippen LogP contribution in [0.5, 0.6) is 0 Å². The minimum atomic E-state index is -0.677. The highest BCUT2D eigenvalue weighted by Gasteiger charge is 2.41. The number of aryl methyl sites for hydroxylation is 2. The molecule has 31 heavy (non-hydrogen) atoms. The van der Waals surface area contributed by atoms with Crippen molar-refractivity contribution >= 4 is 28.9 Å². The molecule has 1 fully saturated rings. The van der Waals surface area contributed by atoms with Gasteiger partial charge in [-0.05, 0) is 67.9 Å². The average molecular weight is 437 g/mol. The fraction of sp³-hybridized carbons (Fsp3) is 0.417. The lowest BCUT2D eigenvalue weighted by molar-refractivity contribution is -0.144. The lowest BCUT2D eigenvalue weighted by atomic mass is 9.65. The van der Waals surface area contributed by atoms with E-state index >= 15 is 0 Å². The molecule has 1 saturated carbocycles. The first-order valence-corrected chi connectivity index (χ1v) is 11.4. The zero-order valence-corrected chi connectivity index (χ0v) is 19.2. The van der Waals surface area contributed by atoms with Gasteiger partial charge in [0.25, 0.3) is 0 Å². The first-order valence-electron chi connectivity index (χ1n) is 10.6. The van der Waals surface area contributed by atoms with Crippen molar-refractivity contribution in [1.29, 1.82) is 0 Å². The van der Waals surface area contributed by atoms with Crippen LogP contribution in [-0.4, -0.2) is 26.0 Å². The average Bonchev–Trinajstić information content (AvgIpc) is 3.16.